The first-order valence-corrected chi connectivity index (χ1v) is 9.32. The largest absolute Gasteiger partial charge is 0.378 e. The summed E-state index contributed by atoms with van der Waals surface area (Å²) in [4.78, 5) is 0. The molecule has 0 aromatic carbocycles. The van der Waals surface area contributed by atoms with Crippen LogP contribution in [-0.2, 0) is 4.74 Å². The molecule has 19 heavy (non-hydrogen) atoms. The Morgan fingerprint density at radius 2 is 2.05 bits per heavy atom. The van der Waals surface area contributed by atoms with Crippen LogP contribution in [0.3, 0.4) is 0 Å². The van der Waals surface area contributed by atoms with Crippen LogP contribution >= 0.6 is 11.8 Å². The van der Waals surface area contributed by atoms with E-state index in [2.05, 4.69) is 30.9 Å². The summed E-state index contributed by atoms with van der Waals surface area (Å²) >= 11 is 2.16. The number of thioether (sulfide) groups is 1. The quantitative estimate of drug-likeness (QED) is 0.805. The topological polar surface area (TPSA) is 21.3 Å². The van der Waals surface area contributed by atoms with Gasteiger partial charge < -0.3 is 10.1 Å². The van der Waals surface area contributed by atoms with Crippen molar-refractivity contribution in [2.24, 2.45) is 5.41 Å². The Morgan fingerprint density at radius 3 is 2.68 bits per heavy atom. The first-order chi connectivity index (χ1) is 9.28. The van der Waals surface area contributed by atoms with Gasteiger partial charge in [-0.15, -0.1) is 0 Å². The summed E-state index contributed by atoms with van der Waals surface area (Å²) in [5.74, 6) is 1.27. The number of rotatable bonds is 6. The zero-order valence-electron chi connectivity index (χ0n) is 12.5. The molecule has 0 aliphatic heterocycles. The Morgan fingerprint density at radius 1 is 1.21 bits per heavy atom. The highest BCUT2D eigenvalue weighted by atomic mass is 32.2. The maximum Gasteiger partial charge on any atom is 0.0661 e. The van der Waals surface area contributed by atoms with Crippen molar-refractivity contribution < 1.29 is 4.74 Å². The van der Waals surface area contributed by atoms with Crippen LogP contribution in [0.4, 0.5) is 0 Å². The molecule has 4 unspecified atom stereocenters. The molecule has 0 amide bonds. The van der Waals surface area contributed by atoms with Gasteiger partial charge in [-0.3, -0.25) is 0 Å². The van der Waals surface area contributed by atoms with Crippen LogP contribution in [0.5, 0.6) is 0 Å². The Balaban J connectivity index is 1.49. The summed E-state index contributed by atoms with van der Waals surface area (Å²) in [7, 11) is 0. The lowest BCUT2D eigenvalue weighted by Crippen LogP contribution is -2.68. The van der Waals surface area contributed by atoms with Gasteiger partial charge in [0.05, 0.1) is 6.10 Å². The molecular weight excluding hydrogens is 254 g/mol. The third-order valence-corrected chi connectivity index (χ3v) is 6.89. The van der Waals surface area contributed by atoms with Gasteiger partial charge in [-0.05, 0) is 51.2 Å². The van der Waals surface area contributed by atoms with Crippen LogP contribution < -0.4 is 5.32 Å². The Hall–Kier alpha value is 0.270. The van der Waals surface area contributed by atoms with E-state index in [1.165, 1.54) is 50.7 Å². The number of nitrogens with one attached hydrogen (secondary N) is 1. The van der Waals surface area contributed by atoms with E-state index in [1.807, 2.05) is 0 Å². The monoisotopic (exact) mass is 283 g/mol. The van der Waals surface area contributed by atoms with Gasteiger partial charge >= 0.3 is 0 Å². The standard InChI is InChI=1S/C16H29NOS/c1-3-18-15-11-14(16(15)8-5-9-16)17-12-6-7-13(10-12)19-4-2/h12-15,17H,3-11H2,1-2H3. The van der Waals surface area contributed by atoms with Crippen LogP contribution in [-0.4, -0.2) is 35.8 Å². The molecule has 3 aliphatic carbocycles. The van der Waals surface area contributed by atoms with E-state index in [9.17, 15) is 0 Å². The van der Waals surface area contributed by atoms with Gasteiger partial charge in [0, 0.05) is 29.4 Å². The molecule has 0 heterocycles. The van der Waals surface area contributed by atoms with Crippen molar-refractivity contribution in [3.05, 3.63) is 0 Å². The fraction of sp³-hybridized carbons (Fsp3) is 1.00. The van der Waals surface area contributed by atoms with Crippen molar-refractivity contribution in [1.82, 2.24) is 5.32 Å². The highest BCUT2D eigenvalue weighted by Crippen LogP contribution is 2.57. The highest BCUT2D eigenvalue weighted by molar-refractivity contribution is 7.99. The van der Waals surface area contributed by atoms with Gasteiger partial charge in [-0.2, -0.15) is 11.8 Å². The van der Waals surface area contributed by atoms with Gasteiger partial charge in [0.25, 0.3) is 0 Å². The molecule has 3 aliphatic rings. The van der Waals surface area contributed by atoms with Crippen LogP contribution in [0.1, 0.15) is 58.8 Å². The van der Waals surface area contributed by atoms with E-state index < -0.39 is 0 Å². The highest BCUT2D eigenvalue weighted by Gasteiger charge is 2.59. The van der Waals surface area contributed by atoms with Crippen LogP contribution in [0, 0.1) is 5.41 Å². The minimum Gasteiger partial charge on any atom is -0.378 e. The third kappa shape index (κ3) is 2.58. The number of hydrogen-bond donors (Lipinski definition) is 1. The number of ether oxygens (including phenoxy) is 1. The molecule has 3 fully saturated rings. The van der Waals surface area contributed by atoms with Crippen molar-refractivity contribution in [2.75, 3.05) is 12.4 Å². The lowest BCUT2D eigenvalue weighted by Gasteiger charge is -2.61. The minimum atomic E-state index is 0.534. The van der Waals surface area contributed by atoms with Crippen LogP contribution in [0.2, 0.25) is 0 Å². The summed E-state index contributed by atoms with van der Waals surface area (Å²) in [5.41, 5.74) is 0.534. The van der Waals surface area contributed by atoms with Gasteiger partial charge in [0.15, 0.2) is 0 Å². The van der Waals surface area contributed by atoms with Crippen molar-refractivity contribution in [3.63, 3.8) is 0 Å². The minimum absolute atomic E-state index is 0.534. The fourth-order valence-electron chi connectivity index (χ4n) is 4.44. The van der Waals surface area contributed by atoms with E-state index in [0.717, 1.165) is 23.9 Å². The van der Waals surface area contributed by atoms with E-state index >= 15 is 0 Å². The van der Waals surface area contributed by atoms with Crippen molar-refractivity contribution in [1.29, 1.82) is 0 Å². The zero-order chi connectivity index (χ0) is 13.3. The normalized spacial score (nSPS) is 40.1. The molecule has 2 nitrogen and oxygen atoms in total. The van der Waals surface area contributed by atoms with Gasteiger partial charge in [0.1, 0.15) is 0 Å². The number of hydrogen-bond acceptors (Lipinski definition) is 3. The molecule has 3 rings (SSSR count). The maximum atomic E-state index is 5.95. The van der Waals surface area contributed by atoms with Crippen molar-refractivity contribution in [2.45, 2.75) is 82.2 Å². The van der Waals surface area contributed by atoms with Gasteiger partial charge in [0.2, 0.25) is 0 Å². The Kier molecular flexibility index (Phi) is 4.45. The second-order valence-corrected chi connectivity index (χ2v) is 8.15. The molecule has 3 heteroatoms. The SMILES string of the molecule is CCOC1CC(NC2CCC(SCC)C2)C12CCC2. The second-order valence-electron chi connectivity index (χ2n) is 6.57. The smallest absolute Gasteiger partial charge is 0.0661 e. The fourth-order valence-corrected chi connectivity index (χ4v) is 5.58. The summed E-state index contributed by atoms with van der Waals surface area (Å²) in [6, 6.07) is 1.54. The van der Waals surface area contributed by atoms with Crippen LogP contribution in [0.25, 0.3) is 0 Å². The molecule has 1 N–H and O–H groups in total. The third-order valence-electron chi connectivity index (χ3n) is 5.66. The summed E-state index contributed by atoms with van der Waals surface area (Å²) < 4.78 is 5.95. The lowest BCUT2D eigenvalue weighted by molar-refractivity contribution is -0.174. The molecule has 110 valence electrons. The van der Waals surface area contributed by atoms with Crippen LogP contribution in [0.15, 0.2) is 0 Å². The maximum absolute atomic E-state index is 5.95. The van der Waals surface area contributed by atoms with Gasteiger partial charge in [-0.1, -0.05) is 13.3 Å². The molecule has 1 spiro atoms. The molecular formula is C16H29NOS. The zero-order valence-corrected chi connectivity index (χ0v) is 13.3. The average Bonchev–Trinajstić information content (AvgIpc) is 2.73. The van der Waals surface area contributed by atoms with E-state index in [0.29, 0.717) is 11.5 Å². The molecule has 0 saturated heterocycles. The molecule has 3 saturated carbocycles. The predicted octanol–water partition coefficient (Wildman–Crippen LogP) is 3.60. The summed E-state index contributed by atoms with van der Waals surface area (Å²) in [6.07, 6.45) is 10.2. The van der Waals surface area contributed by atoms with Crippen molar-refractivity contribution >= 4 is 11.8 Å². The Labute approximate surface area is 122 Å². The average molecular weight is 283 g/mol. The second kappa shape index (κ2) is 5.95. The van der Waals surface area contributed by atoms with E-state index in [-0.39, 0.29) is 0 Å². The first kappa shape index (κ1) is 14.2. The summed E-state index contributed by atoms with van der Waals surface area (Å²) in [5, 5.41) is 4.91. The summed E-state index contributed by atoms with van der Waals surface area (Å²) in [6.45, 7) is 5.31. The van der Waals surface area contributed by atoms with E-state index in [4.69, 9.17) is 4.74 Å². The molecule has 4 atom stereocenters. The molecule has 0 aromatic heterocycles. The Bertz CT molecular complexity index is 305. The predicted molar refractivity (Wildman–Crippen MR) is 82.8 cm³/mol. The van der Waals surface area contributed by atoms with Gasteiger partial charge in [-0.25, -0.2) is 0 Å². The van der Waals surface area contributed by atoms with E-state index in [1.54, 1.807) is 0 Å². The molecule has 0 aromatic rings. The lowest BCUT2D eigenvalue weighted by atomic mass is 9.51. The first-order valence-electron chi connectivity index (χ1n) is 8.27. The van der Waals surface area contributed by atoms with Crippen molar-refractivity contribution in [3.8, 4) is 0 Å². The molecule has 0 radical (unpaired) electrons. The molecule has 0 bridgehead atoms.